The fourth-order valence-electron chi connectivity index (χ4n) is 3.23. The minimum absolute atomic E-state index is 0.769. The van der Waals surface area contributed by atoms with Crippen LogP contribution in [-0.2, 0) is 6.54 Å². The lowest BCUT2D eigenvalue weighted by atomic mass is 10.1. The van der Waals surface area contributed by atoms with Crippen molar-refractivity contribution in [2.24, 2.45) is 0 Å². The Kier molecular flexibility index (Phi) is 4.61. The van der Waals surface area contributed by atoms with E-state index in [-0.39, 0.29) is 0 Å². The third-order valence-electron chi connectivity index (χ3n) is 4.60. The van der Waals surface area contributed by atoms with E-state index in [0.29, 0.717) is 0 Å². The Bertz CT molecular complexity index is 449. The Morgan fingerprint density at radius 2 is 2.05 bits per heavy atom. The highest BCUT2D eigenvalue weighted by molar-refractivity contribution is 6.31. The zero-order chi connectivity index (χ0) is 13.9. The zero-order valence-electron chi connectivity index (χ0n) is 12.2. The monoisotopic (exact) mass is 293 g/mol. The van der Waals surface area contributed by atoms with Crippen molar-refractivity contribution in [3.8, 4) is 0 Å². The second-order valence-electron chi connectivity index (χ2n) is 6.04. The van der Waals surface area contributed by atoms with E-state index in [0.717, 1.165) is 23.2 Å². The van der Waals surface area contributed by atoms with Gasteiger partial charge in [-0.05, 0) is 37.1 Å². The molecule has 2 fully saturated rings. The van der Waals surface area contributed by atoms with Gasteiger partial charge in [-0.1, -0.05) is 23.7 Å². The summed E-state index contributed by atoms with van der Waals surface area (Å²) in [4.78, 5) is 5.19. The molecule has 1 unspecified atom stereocenters. The SMILES string of the molecule is Cc1ccc(CN2CCN(C3CCNC3)CC2)cc1Cl. The number of piperazine rings is 1. The largest absolute Gasteiger partial charge is 0.315 e. The van der Waals surface area contributed by atoms with Crippen molar-refractivity contribution < 1.29 is 0 Å². The summed E-state index contributed by atoms with van der Waals surface area (Å²) >= 11 is 6.21. The maximum Gasteiger partial charge on any atom is 0.0438 e. The zero-order valence-corrected chi connectivity index (χ0v) is 13.0. The van der Waals surface area contributed by atoms with E-state index in [1.165, 1.54) is 51.3 Å². The van der Waals surface area contributed by atoms with Gasteiger partial charge in [0.2, 0.25) is 0 Å². The van der Waals surface area contributed by atoms with Gasteiger partial charge in [0, 0.05) is 50.3 Å². The lowest BCUT2D eigenvalue weighted by Gasteiger charge is -2.37. The van der Waals surface area contributed by atoms with Crippen molar-refractivity contribution in [2.75, 3.05) is 39.3 Å². The van der Waals surface area contributed by atoms with Gasteiger partial charge in [0.05, 0.1) is 0 Å². The maximum absolute atomic E-state index is 6.21. The van der Waals surface area contributed by atoms with Gasteiger partial charge in [-0.3, -0.25) is 9.80 Å². The van der Waals surface area contributed by atoms with Crippen LogP contribution in [0.3, 0.4) is 0 Å². The van der Waals surface area contributed by atoms with E-state index >= 15 is 0 Å². The van der Waals surface area contributed by atoms with Gasteiger partial charge in [-0.15, -0.1) is 0 Å². The van der Waals surface area contributed by atoms with E-state index in [1.54, 1.807) is 0 Å². The summed E-state index contributed by atoms with van der Waals surface area (Å²) in [6.45, 7) is 10.2. The summed E-state index contributed by atoms with van der Waals surface area (Å²) < 4.78 is 0. The summed E-state index contributed by atoms with van der Waals surface area (Å²) in [5.74, 6) is 0. The first-order chi connectivity index (χ1) is 9.72. The van der Waals surface area contributed by atoms with Gasteiger partial charge in [0.25, 0.3) is 0 Å². The lowest BCUT2D eigenvalue weighted by Crippen LogP contribution is -2.50. The molecule has 0 aromatic heterocycles. The molecule has 110 valence electrons. The molecule has 2 saturated heterocycles. The second kappa shape index (κ2) is 6.44. The molecule has 2 aliphatic rings. The van der Waals surface area contributed by atoms with Crippen LogP contribution in [0.1, 0.15) is 17.5 Å². The van der Waals surface area contributed by atoms with Crippen LogP contribution in [-0.4, -0.2) is 55.1 Å². The molecule has 1 atom stereocenters. The number of nitrogens with one attached hydrogen (secondary N) is 1. The molecule has 0 saturated carbocycles. The first kappa shape index (κ1) is 14.3. The molecular weight excluding hydrogens is 270 g/mol. The van der Waals surface area contributed by atoms with Crippen LogP contribution in [0.25, 0.3) is 0 Å². The highest BCUT2D eigenvalue weighted by Gasteiger charge is 2.25. The van der Waals surface area contributed by atoms with Crippen LogP contribution in [0.5, 0.6) is 0 Å². The molecule has 0 spiro atoms. The van der Waals surface area contributed by atoms with Crippen LogP contribution in [0.2, 0.25) is 5.02 Å². The number of halogens is 1. The highest BCUT2D eigenvalue weighted by Crippen LogP contribution is 2.19. The minimum Gasteiger partial charge on any atom is -0.315 e. The Morgan fingerprint density at radius 3 is 2.70 bits per heavy atom. The summed E-state index contributed by atoms with van der Waals surface area (Å²) in [5, 5.41) is 4.35. The quantitative estimate of drug-likeness (QED) is 0.921. The molecule has 2 aliphatic heterocycles. The lowest BCUT2D eigenvalue weighted by molar-refractivity contribution is 0.0981. The average molecular weight is 294 g/mol. The summed E-state index contributed by atoms with van der Waals surface area (Å²) in [6.07, 6.45) is 1.31. The number of benzene rings is 1. The summed E-state index contributed by atoms with van der Waals surface area (Å²) in [7, 11) is 0. The van der Waals surface area contributed by atoms with Crippen LogP contribution < -0.4 is 5.32 Å². The van der Waals surface area contributed by atoms with Gasteiger partial charge < -0.3 is 5.32 Å². The van der Waals surface area contributed by atoms with Crippen LogP contribution in [0.15, 0.2) is 18.2 Å². The minimum atomic E-state index is 0.769. The molecule has 2 heterocycles. The average Bonchev–Trinajstić information content (AvgIpc) is 2.98. The van der Waals surface area contributed by atoms with Crippen LogP contribution in [0, 0.1) is 6.92 Å². The fourth-order valence-corrected chi connectivity index (χ4v) is 3.43. The molecule has 20 heavy (non-hydrogen) atoms. The third kappa shape index (κ3) is 3.34. The van der Waals surface area contributed by atoms with Crippen molar-refractivity contribution in [1.82, 2.24) is 15.1 Å². The molecule has 3 rings (SSSR count). The van der Waals surface area contributed by atoms with Gasteiger partial charge in [-0.2, -0.15) is 0 Å². The molecule has 0 bridgehead atoms. The topological polar surface area (TPSA) is 18.5 Å². The van der Waals surface area contributed by atoms with Crippen molar-refractivity contribution in [2.45, 2.75) is 25.9 Å². The maximum atomic E-state index is 6.21. The fraction of sp³-hybridized carbons (Fsp3) is 0.625. The Labute approximate surface area is 126 Å². The van der Waals surface area contributed by atoms with E-state index in [2.05, 4.69) is 40.2 Å². The number of rotatable bonds is 3. The number of hydrogen-bond donors (Lipinski definition) is 1. The molecule has 0 radical (unpaired) electrons. The number of hydrogen-bond acceptors (Lipinski definition) is 3. The van der Waals surface area contributed by atoms with E-state index in [1.807, 2.05) is 0 Å². The van der Waals surface area contributed by atoms with E-state index in [9.17, 15) is 0 Å². The van der Waals surface area contributed by atoms with Crippen molar-refractivity contribution in [3.05, 3.63) is 34.3 Å². The Hall–Kier alpha value is -0.610. The summed E-state index contributed by atoms with van der Waals surface area (Å²) in [5.41, 5.74) is 2.49. The molecule has 1 aromatic rings. The van der Waals surface area contributed by atoms with Crippen LogP contribution in [0.4, 0.5) is 0 Å². The first-order valence-corrected chi connectivity index (χ1v) is 8.02. The van der Waals surface area contributed by atoms with E-state index < -0.39 is 0 Å². The molecule has 1 aromatic carbocycles. The van der Waals surface area contributed by atoms with Gasteiger partial charge in [0.15, 0.2) is 0 Å². The molecule has 3 nitrogen and oxygen atoms in total. The Morgan fingerprint density at radius 1 is 1.25 bits per heavy atom. The first-order valence-electron chi connectivity index (χ1n) is 7.64. The Balaban J connectivity index is 1.51. The highest BCUT2D eigenvalue weighted by atomic mass is 35.5. The van der Waals surface area contributed by atoms with Gasteiger partial charge in [0.1, 0.15) is 0 Å². The van der Waals surface area contributed by atoms with Gasteiger partial charge in [-0.25, -0.2) is 0 Å². The second-order valence-corrected chi connectivity index (χ2v) is 6.45. The molecule has 0 aliphatic carbocycles. The molecule has 0 amide bonds. The third-order valence-corrected chi connectivity index (χ3v) is 5.01. The summed E-state index contributed by atoms with van der Waals surface area (Å²) in [6, 6.07) is 7.21. The smallest absolute Gasteiger partial charge is 0.0438 e. The molecular formula is C16H24ClN3. The standard InChI is InChI=1S/C16H24ClN3/c1-13-2-3-14(10-16(13)17)12-19-6-8-20(9-7-19)15-4-5-18-11-15/h2-3,10,15,18H,4-9,11-12H2,1H3. The van der Waals surface area contributed by atoms with Crippen molar-refractivity contribution in [3.63, 3.8) is 0 Å². The van der Waals surface area contributed by atoms with Gasteiger partial charge >= 0.3 is 0 Å². The van der Waals surface area contributed by atoms with Crippen LogP contribution >= 0.6 is 11.6 Å². The number of nitrogens with zero attached hydrogens (tertiary/aromatic N) is 2. The molecule has 1 N–H and O–H groups in total. The van der Waals surface area contributed by atoms with Crippen molar-refractivity contribution in [1.29, 1.82) is 0 Å². The number of aryl methyl sites for hydroxylation is 1. The normalized spacial score (nSPS) is 25.2. The predicted octanol–water partition coefficient (Wildman–Crippen LogP) is 2.13. The molecule has 4 heteroatoms. The van der Waals surface area contributed by atoms with Crippen molar-refractivity contribution >= 4 is 11.6 Å². The van der Waals surface area contributed by atoms with E-state index in [4.69, 9.17) is 11.6 Å². The predicted molar refractivity (Wildman–Crippen MR) is 84.3 cm³/mol.